The van der Waals surface area contributed by atoms with E-state index in [1.165, 1.54) is 0 Å². The van der Waals surface area contributed by atoms with Crippen LogP contribution < -0.4 is 5.32 Å². The van der Waals surface area contributed by atoms with Crippen LogP contribution in [0.25, 0.3) is 0 Å². The number of benzene rings is 1. The molecule has 1 aromatic carbocycles. The van der Waals surface area contributed by atoms with Crippen LogP contribution in [0.4, 0.5) is 0 Å². The first-order valence-electron chi connectivity index (χ1n) is 7.99. The summed E-state index contributed by atoms with van der Waals surface area (Å²) in [6.45, 7) is 2.21. The number of nitrogens with zero attached hydrogens (tertiary/aromatic N) is 1. The molecule has 0 aromatic heterocycles. The number of hydrogen-bond acceptors (Lipinski definition) is 3. The highest BCUT2D eigenvalue weighted by Gasteiger charge is 2.33. The van der Waals surface area contributed by atoms with Crippen molar-refractivity contribution in [1.82, 2.24) is 10.2 Å². The molecule has 0 radical (unpaired) electrons. The lowest BCUT2D eigenvalue weighted by atomic mass is 10.1. The van der Waals surface area contributed by atoms with Crippen LogP contribution in [0.15, 0.2) is 18.2 Å². The van der Waals surface area contributed by atoms with Crippen molar-refractivity contribution in [2.45, 2.75) is 19.3 Å². The third-order valence-corrected chi connectivity index (χ3v) is 4.66. The molecule has 1 unspecified atom stereocenters. The minimum atomic E-state index is -0.277. The number of carbonyl (C=O) groups excluding carboxylic acids is 2. The van der Waals surface area contributed by atoms with Crippen molar-refractivity contribution in [3.63, 3.8) is 0 Å². The molecule has 0 saturated carbocycles. The molecule has 1 atom stereocenters. The highest BCUT2D eigenvalue weighted by molar-refractivity contribution is 6.35. The van der Waals surface area contributed by atoms with Crippen LogP contribution in [0.2, 0.25) is 10.0 Å². The second kappa shape index (κ2) is 9.25. The Morgan fingerprint density at radius 1 is 1.42 bits per heavy atom. The largest absolute Gasteiger partial charge is 0.385 e. The highest BCUT2D eigenvalue weighted by atomic mass is 35.5. The average molecular weight is 373 g/mol. The Balaban J connectivity index is 1.75. The Morgan fingerprint density at radius 3 is 2.92 bits per heavy atom. The van der Waals surface area contributed by atoms with E-state index in [-0.39, 0.29) is 24.2 Å². The number of methoxy groups -OCH3 is 1. The number of hydrogen-bond donors (Lipinski definition) is 1. The van der Waals surface area contributed by atoms with Gasteiger partial charge in [0.2, 0.25) is 11.8 Å². The van der Waals surface area contributed by atoms with E-state index >= 15 is 0 Å². The van der Waals surface area contributed by atoms with Crippen LogP contribution in [-0.2, 0) is 20.7 Å². The number of ether oxygens (including phenoxy) is 1. The maximum atomic E-state index is 12.2. The molecule has 1 aromatic rings. The van der Waals surface area contributed by atoms with Crippen LogP contribution in [-0.4, -0.2) is 50.1 Å². The third-order valence-electron chi connectivity index (χ3n) is 4.07. The molecule has 1 saturated heterocycles. The molecule has 7 heteroatoms. The summed E-state index contributed by atoms with van der Waals surface area (Å²) in [5.41, 5.74) is 0.935. The van der Waals surface area contributed by atoms with E-state index in [0.717, 1.165) is 12.0 Å². The summed E-state index contributed by atoms with van der Waals surface area (Å²) in [6, 6.07) is 5.32. The van der Waals surface area contributed by atoms with Crippen molar-refractivity contribution in [1.29, 1.82) is 0 Å². The van der Waals surface area contributed by atoms with Crippen LogP contribution in [0.1, 0.15) is 18.4 Å². The summed E-state index contributed by atoms with van der Waals surface area (Å²) in [6.07, 6.45) is 1.69. The van der Waals surface area contributed by atoms with Crippen LogP contribution in [0, 0.1) is 5.92 Å². The highest BCUT2D eigenvalue weighted by Crippen LogP contribution is 2.21. The summed E-state index contributed by atoms with van der Waals surface area (Å²) in [5, 5.41) is 4.07. The van der Waals surface area contributed by atoms with E-state index < -0.39 is 0 Å². The Kier molecular flexibility index (Phi) is 7.34. The van der Waals surface area contributed by atoms with Gasteiger partial charge in [0, 0.05) is 49.8 Å². The molecule has 1 aliphatic rings. The van der Waals surface area contributed by atoms with Gasteiger partial charge in [0.1, 0.15) is 0 Å². The Bertz CT molecular complexity index is 595. The van der Waals surface area contributed by atoms with Gasteiger partial charge in [-0.3, -0.25) is 9.59 Å². The molecule has 2 amide bonds. The van der Waals surface area contributed by atoms with Gasteiger partial charge < -0.3 is 15.0 Å². The van der Waals surface area contributed by atoms with Crippen LogP contribution in [0.5, 0.6) is 0 Å². The predicted molar refractivity (Wildman–Crippen MR) is 94.4 cm³/mol. The lowest BCUT2D eigenvalue weighted by Gasteiger charge is -2.16. The fraction of sp³-hybridized carbons (Fsp3) is 0.529. The second-order valence-electron chi connectivity index (χ2n) is 5.86. The molecular formula is C17H22Cl2N2O3. The number of carbonyl (C=O) groups is 2. The molecule has 2 rings (SSSR count). The van der Waals surface area contributed by atoms with Gasteiger partial charge in [0.05, 0.1) is 5.92 Å². The van der Waals surface area contributed by atoms with Crippen molar-refractivity contribution in [2.24, 2.45) is 5.92 Å². The first kappa shape index (κ1) is 19.0. The molecule has 0 bridgehead atoms. The zero-order valence-electron chi connectivity index (χ0n) is 13.7. The number of likely N-dealkylation sites (tertiary alicyclic amines) is 1. The fourth-order valence-electron chi connectivity index (χ4n) is 2.75. The summed E-state index contributed by atoms with van der Waals surface area (Å²) in [4.78, 5) is 25.9. The van der Waals surface area contributed by atoms with Crippen molar-refractivity contribution >= 4 is 35.0 Å². The Hall–Kier alpha value is -1.30. The maximum Gasteiger partial charge on any atom is 0.225 e. The molecular weight excluding hydrogens is 351 g/mol. The number of halogens is 2. The molecule has 0 aliphatic carbocycles. The standard InChI is InChI=1S/C17H22Cl2N2O3/c1-24-8-2-7-21-11-13(9-16(21)22)17(23)20-6-5-12-3-4-14(18)10-15(12)19/h3-4,10,13H,2,5-9,11H2,1H3,(H,20,23). The normalized spacial score (nSPS) is 17.4. The Labute approximate surface area is 152 Å². The lowest BCUT2D eigenvalue weighted by Crippen LogP contribution is -2.34. The van der Waals surface area contributed by atoms with Gasteiger partial charge in [-0.15, -0.1) is 0 Å². The van der Waals surface area contributed by atoms with E-state index in [2.05, 4.69) is 5.32 Å². The van der Waals surface area contributed by atoms with Gasteiger partial charge in [0.15, 0.2) is 0 Å². The van der Waals surface area contributed by atoms with Gasteiger partial charge in [-0.25, -0.2) is 0 Å². The van der Waals surface area contributed by atoms with Gasteiger partial charge in [-0.2, -0.15) is 0 Å². The maximum absolute atomic E-state index is 12.2. The first-order chi connectivity index (χ1) is 11.5. The van der Waals surface area contributed by atoms with E-state index in [9.17, 15) is 9.59 Å². The summed E-state index contributed by atoms with van der Waals surface area (Å²) < 4.78 is 4.99. The van der Waals surface area contributed by atoms with Crippen molar-refractivity contribution in [3.8, 4) is 0 Å². The lowest BCUT2D eigenvalue weighted by molar-refractivity contribution is -0.129. The Morgan fingerprint density at radius 2 is 2.21 bits per heavy atom. The second-order valence-corrected chi connectivity index (χ2v) is 6.71. The zero-order chi connectivity index (χ0) is 17.5. The van der Waals surface area contributed by atoms with E-state index in [0.29, 0.717) is 42.7 Å². The summed E-state index contributed by atoms with van der Waals surface area (Å²) in [5.74, 6) is -0.324. The summed E-state index contributed by atoms with van der Waals surface area (Å²) in [7, 11) is 1.63. The minimum absolute atomic E-state index is 0.0343. The van der Waals surface area contributed by atoms with E-state index in [1.807, 2.05) is 6.07 Å². The smallest absolute Gasteiger partial charge is 0.225 e. The SMILES string of the molecule is COCCCN1CC(C(=O)NCCc2ccc(Cl)cc2Cl)CC1=O. The molecule has 1 N–H and O–H groups in total. The van der Waals surface area contributed by atoms with E-state index in [1.54, 1.807) is 24.1 Å². The monoisotopic (exact) mass is 372 g/mol. The topological polar surface area (TPSA) is 58.6 Å². The predicted octanol–water partition coefficient (Wildman–Crippen LogP) is 2.54. The quantitative estimate of drug-likeness (QED) is 0.713. The molecule has 0 spiro atoms. The van der Waals surface area contributed by atoms with Crippen LogP contribution in [0.3, 0.4) is 0 Å². The van der Waals surface area contributed by atoms with Crippen molar-refractivity contribution < 1.29 is 14.3 Å². The van der Waals surface area contributed by atoms with Gasteiger partial charge in [-0.05, 0) is 30.5 Å². The first-order valence-corrected chi connectivity index (χ1v) is 8.75. The number of rotatable bonds is 8. The average Bonchev–Trinajstić information content (AvgIpc) is 2.91. The number of nitrogens with one attached hydrogen (secondary N) is 1. The molecule has 132 valence electrons. The fourth-order valence-corrected chi connectivity index (χ4v) is 3.26. The van der Waals surface area contributed by atoms with Gasteiger partial charge >= 0.3 is 0 Å². The van der Waals surface area contributed by atoms with Gasteiger partial charge in [0.25, 0.3) is 0 Å². The minimum Gasteiger partial charge on any atom is -0.385 e. The van der Waals surface area contributed by atoms with Crippen molar-refractivity contribution in [3.05, 3.63) is 33.8 Å². The zero-order valence-corrected chi connectivity index (χ0v) is 15.2. The molecule has 24 heavy (non-hydrogen) atoms. The third kappa shape index (κ3) is 5.36. The van der Waals surface area contributed by atoms with E-state index in [4.69, 9.17) is 27.9 Å². The molecule has 1 aliphatic heterocycles. The molecule has 1 heterocycles. The van der Waals surface area contributed by atoms with Crippen LogP contribution >= 0.6 is 23.2 Å². The summed E-state index contributed by atoms with van der Waals surface area (Å²) >= 11 is 12.0. The molecule has 1 fully saturated rings. The van der Waals surface area contributed by atoms with Gasteiger partial charge in [-0.1, -0.05) is 29.3 Å². The molecule has 5 nitrogen and oxygen atoms in total. The number of amides is 2. The van der Waals surface area contributed by atoms with Crippen molar-refractivity contribution in [2.75, 3.05) is 33.4 Å².